The van der Waals surface area contributed by atoms with Gasteiger partial charge in [-0.15, -0.1) is 0 Å². The average molecular weight is 260 g/mol. The summed E-state index contributed by atoms with van der Waals surface area (Å²) in [4.78, 5) is 0. The Hall–Kier alpha value is -2.30. The first-order valence-electron chi connectivity index (χ1n) is 5.98. The number of nitrogens with two attached hydrogens (primary N) is 1. The molecule has 0 saturated carbocycles. The second-order valence-corrected chi connectivity index (χ2v) is 4.15. The molecule has 5 heteroatoms. The highest BCUT2D eigenvalue weighted by molar-refractivity contribution is 5.84. The van der Waals surface area contributed by atoms with E-state index in [9.17, 15) is 4.39 Å². The Bertz CT molecular complexity index is 586. The van der Waals surface area contributed by atoms with Crippen molar-refractivity contribution in [3.63, 3.8) is 0 Å². The van der Waals surface area contributed by atoms with Gasteiger partial charge in [0.2, 0.25) is 0 Å². The molecule has 2 rings (SSSR count). The van der Waals surface area contributed by atoms with Crippen molar-refractivity contribution >= 4 is 16.7 Å². The van der Waals surface area contributed by atoms with Crippen LogP contribution in [-0.4, -0.2) is 19.2 Å². The maximum Gasteiger partial charge on any atom is 0.185 e. The van der Waals surface area contributed by atoms with Crippen LogP contribution in [0.4, 0.5) is 4.39 Å². The number of alkyl halides is 1. The predicted octanol–water partition coefficient (Wildman–Crippen LogP) is 2.17. The first-order valence-corrected chi connectivity index (χ1v) is 5.98. The molecule has 0 spiro atoms. The van der Waals surface area contributed by atoms with E-state index in [0.717, 1.165) is 16.3 Å². The summed E-state index contributed by atoms with van der Waals surface area (Å²) in [5.74, 6) is 0.620. The van der Waals surface area contributed by atoms with E-state index in [1.165, 1.54) is 0 Å². The Morgan fingerprint density at radius 1 is 1.21 bits per heavy atom. The van der Waals surface area contributed by atoms with E-state index >= 15 is 0 Å². The van der Waals surface area contributed by atoms with Crippen LogP contribution in [0.1, 0.15) is 5.56 Å². The Morgan fingerprint density at radius 2 is 1.95 bits per heavy atom. The standard InChI is InChI=1S/C14H16FN3O/c15-5-6-19-13-4-3-11-7-10(9-18-14(16)17)1-2-12(11)8-13/h1-4,7-8H,5-6,9H2,(H4,16,17,18)/i15-1. The Kier molecular flexibility index (Phi) is 4.18. The maximum atomic E-state index is 12.0. The van der Waals surface area contributed by atoms with E-state index in [-0.39, 0.29) is 12.6 Å². The van der Waals surface area contributed by atoms with Crippen LogP contribution in [-0.2, 0) is 6.54 Å². The number of nitrogens with one attached hydrogen (secondary N) is 2. The lowest BCUT2D eigenvalue weighted by Crippen LogP contribution is -2.29. The van der Waals surface area contributed by atoms with Gasteiger partial charge < -0.3 is 15.8 Å². The average Bonchev–Trinajstić information content (AvgIpc) is 2.42. The number of benzene rings is 2. The third-order valence-electron chi connectivity index (χ3n) is 2.70. The summed E-state index contributed by atoms with van der Waals surface area (Å²) >= 11 is 0. The largest absolute Gasteiger partial charge is 0.491 e. The monoisotopic (exact) mass is 260 g/mol. The Morgan fingerprint density at radius 3 is 2.68 bits per heavy atom. The predicted molar refractivity (Wildman–Crippen MR) is 74.2 cm³/mol. The van der Waals surface area contributed by atoms with Crippen LogP contribution in [0.2, 0.25) is 0 Å². The molecule has 0 aromatic heterocycles. The van der Waals surface area contributed by atoms with Crippen molar-refractivity contribution in [2.45, 2.75) is 6.54 Å². The number of rotatable bonds is 5. The van der Waals surface area contributed by atoms with Crippen LogP contribution in [0.3, 0.4) is 0 Å². The van der Waals surface area contributed by atoms with Gasteiger partial charge in [0.05, 0.1) is 0 Å². The molecule has 0 bridgehead atoms. The minimum atomic E-state index is -0.492. The number of fused-ring (bicyclic) bond motifs is 1. The molecule has 0 aliphatic carbocycles. The number of ether oxygens (including phenoxy) is 1. The van der Waals surface area contributed by atoms with Gasteiger partial charge in [-0.2, -0.15) is 0 Å². The fourth-order valence-electron chi connectivity index (χ4n) is 1.83. The van der Waals surface area contributed by atoms with E-state index in [1.54, 1.807) is 0 Å². The van der Waals surface area contributed by atoms with Gasteiger partial charge in [-0.05, 0) is 34.5 Å². The molecular formula is C14H16FN3O. The molecule has 0 radical (unpaired) electrons. The van der Waals surface area contributed by atoms with Crippen molar-refractivity contribution in [2.75, 3.05) is 13.3 Å². The summed E-state index contributed by atoms with van der Waals surface area (Å²) in [6, 6.07) is 11.6. The van der Waals surface area contributed by atoms with E-state index in [2.05, 4.69) is 5.32 Å². The molecule has 100 valence electrons. The molecule has 0 fully saturated rings. The highest BCUT2D eigenvalue weighted by Crippen LogP contribution is 2.22. The number of hydrogen-bond donors (Lipinski definition) is 3. The summed E-state index contributed by atoms with van der Waals surface area (Å²) in [5.41, 5.74) is 6.29. The lowest BCUT2D eigenvalue weighted by atomic mass is 10.1. The number of hydrogen-bond acceptors (Lipinski definition) is 2. The Labute approximate surface area is 110 Å². The number of guanidine groups is 1. The van der Waals surface area contributed by atoms with Crippen LogP contribution < -0.4 is 15.8 Å². The minimum absolute atomic E-state index is 0.0462. The normalized spacial score (nSPS) is 10.4. The van der Waals surface area contributed by atoms with Crippen molar-refractivity contribution in [1.29, 1.82) is 5.41 Å². The first-order chi connectivity index (χ1) is 9.19. The van der Waals surface area contributed by atoms with Gasteiger partial charge in [0, 0.05) is 6.54 Å². The van der Waals surface area contributed by atoms with Crippen molar-refractivity contribution in [2.24, 2.45) is 5.73 Å². The van der Waals surface area contributed by atoms with Crippen LogP contribution in [0.15, 0.2) is 36.4 Å². The topological polar surface area (TPSA) is 71.1 Å². The molecule has 4 nitrogen and oxygen atoms in total. The zero-order chi connectivity index (χ0) is 13.7. The summed E-state index contributed by atoms with van der Waals surface area (Å²) in [7, 11) is 0. The molecule has 0 saturated heterocycles. The quantitative estimate of drug-likeness (QED) is 0.570. The second kappa shape index (κ2) is 6.04. The molecule has 0 unspecified atom stereocenters. The zero-order valence-corrected chi connectivity index (χ0v) is 10.4. The highest BCUT2D eigenvalue weighted by atomic mass is 18.2. The Balaban J connectivity index is 2.17. The van der Waals surface area contributed by atoms with Gasteiger partial charge >= 0.3 is 0 Å². The zero-order valence-electron chi connectivity index (χ0n) is 10.4. The lowest BCUT2D eigenvalue weighted by Gasteiger charge is -2.08. The third-order valence-corrected chi connectivity index (χ3v) is 2.70. The molecule has 0 aliphatic heterocycles. The van der Waals surface area contributed by atoms with E-state index < -0.39 is 6.67 Å². The van der Waals surface area contributed by atoms with Gasteiger partial charge in [0.25, 0.3) is 0 Å². The number of halogens is 1. The van der Waals surface area contributed by atoms with Gasteiger partial charge in [-0.25, -0.2) is 4.39 Å². The van der Waals surface area contributed by atoms with E-state index in [0.29, 0.717) is 12.3 Å². The molecule has 0 atom stereocenters. The van der Waals surface area contributed by atoms with Gasteiger partial charge in [-0.3, -0.25) is 5.41 Å². The molecule has 2 aromatic rings. The SMILES string of the molecule is N=C(N)NCc1ccc2cc(OCC[18F])ccc2c1. The summed E-state index contributed by atoms with van der Waals surface area (Å²) in [5, 5.41) is 12.0. The second-order valence-electron chi connectivity index (χ2n) is 4.15. The molecule has 0 heterocycles. The van der Waals surface area contributed by atoms with Crippen LogP contribution >= 0.6 is 0 Å². The smallest absolute Gasteiger partial charge is 0.185 e. The van der Waals surface area contributed by atoms with Crippen LogP contribution in [0, 0.1) is 5.41 Å². The lowest BCUT2D eigenvalue weighted by molar-refractivity contribution is 0.273. The highest BCUT2D eigenvalue weighted by Gasteiger charge is 2.00. The van der Waals surface area contributed by atoms with E-state index in [1.807, 2.05) is 36.4 Å². The summed E-state index contributed by atoms with van der Waals surface area (Å²) in [6.45, 7) is 0.102. The fourth-order valence-corrected chi connectivity index (χ4v) is 1.83. The van der Waals surface area contributed by atoms with Crippen LogP contribution in [0.25, 0.3) is 10.8 Å². The fraction of sp³-hybridized carbons (Fsp3) is 0.214. The van der Waals surface area contributed by atoms with Crippen molar-refractivity contribution in [1.82, 2.24) is 5.32 Å². The first kappa shape index (κ1) is 13.1. The van der Waals surface area contributed by atoms with Crippen molar-refractivity contribution in [3.05, 3.63) is 42.0 Å². The van der Waals surface area contributed by atoms with Crippen LogP contribution in [0.5, 0.6) is 5.75 Å². The van der Waals surface area contributed by atoms with Crippen molar-refractivity contribution in [3.8, 4) is 5.75 Å². The molecule has 19 heavy (non-hydrogen) atoms. The molecule has 4 N–H and O–H groups in total. The molecule has 2 aromatic carbocycles. The third kappa shape index (κ3) is 3.58. The van der Waals surface area contributed by atoms with Gasteiger partial charge in [-0.1, -0.05) is 18.2 Å². The minimum Gasteiger partial charge on any atom is -0.491 e. The molecular weight excluding hydrogens is 244 g/mol. The van der Waals surface area contributed by atoms with Crippen molar-refractivity contribution < 1.29 is 9.13 Å². The molecule has 0 aliphatic rings. The van der Waals surface area contributed by atoms with E-state index in [4.69, 9.17) is 15.9 Å². The molecule has 0 amide bonds. The maximum absolute atomic E-state index is 12.0. The van der Waals surface area contributed by atoms with Gasteiger partial charge in [0.1, 0.15) is 19.0 Å². The summed E-state index contributed by atoms with van der Waals surface area (Å²) < 4.78 is 17.3. The summed E-state index contributed by atoms with van der Waals surface area (Å²) in [6.07, 6.45) is 0. The van der Waals surface area contributed by atoms with Gasteiger partial charge in [0.15, 0.2) is 5.96 Å².